The van der Waals surface area contributed by atoms with E-state index in [1.807, 2.05) is 6.07 Å². The van der Waals surface area contributed by atoms with Gasteiger partial charge < -0.3 is 10.1 Å². The fraction of sp³-hybridized carbons (Fsp3) is 0.200. The monoisotopic (exact) mass is 250 g/mol. The van der Waals surface area contributed by atoms with E-state index < -0.39 is 0 Å². The lowest BCUT2D eigenvalue weighted by atomic mass is 10.3. The fourth-order valence-electron chi connectivity index (χ4n) is 1.17. The smallest absolute Gasteiger partial charge is 0.272 e. The van der Waals surface area contributed by atoms with E-state index in [9.17, 15) is 4.79 Å². The molecule has 0 fully saturated rings. The molecule has 0 saturated heterocycles. The van der Waals surface area contributed by atoms with Gasteiger partial charge in [-0.15, -0.1) is 0 Å². The van der Waals surface area contributed by atoms with Crippen molar-refractivity contribution in [3.05, 3.63) is 35.8 Å². The maximum absolute atomic E-state index is 11.6. The van der Waals surface area contributed by atoms with Crippen molar-refractivity contribution >= 4 is 17.6 Å². The number of aromatic nitrogens is 3. The second-order valence-electron chi connectivity index (χ2n) is 3.18. The van der Waals surface area contributed by atoms with Gasteiger partial charge in [0.2, 0.25) is 5.88 Å². The van der Waals surface area contributed by atoms with Gasteiger partial charge in [-0.25, -0.2) is 4.98 Å². The second kappa shape index (κ2) is 5.35. The van der Waals surface area contributed by atoms with Crippen LogP contribution in [0.4, 0.5) is 0 Å². The van der Waals surface area contributed by atoms with Crippen molar-refractivity contribution in [2.45, 2.75) is 6.54 Å². The quantitative estimate of drug-likeness (QED) is 0.871. The molecule has 7 heteroatoms. The van der Waals surface area contributed by atoms with Crippen LogP contribution in [-0.2, 0) is 6.54 Å². The van der Waals surface area contributed by atoms with Crippen LogP contribution in [0.2, 0.25) is 0 Å². The first-order valence-corrected chi connectivity index (χ1v) is 5.57. The molecule has 88 valence electrons. The number of hydrogen-bond acceptors (Lipinski definition) is 6. The number of carbonyl (C=O) groups is 1. The number of nitrogens with zero attached hydrogens (tertiary/aromatic N) is 3. The number of pyridine rings is 1. The lowest BCUT2D eigenvalue weighted by Gasteiger charge is -2.03. The fourth-order valence-corrected chi connectivity index (χ4v) is 1.59. The van der Waals surface area contributed by atoms with Crippen LogP contribution in [0.5, 0.6) is 5.88 Å². The van der Waals surface area contributed by atoms with Crippen molar-refractivity contribution in [1.82, 2.24) is 19.0 Å². The molecule has 2 heterocycles. The van der Waals surface area contributed by atoms with Crippen LogP contribution in [0.3, 0.4) is 0 Å². The predicted molar refractivity (Wildman–Crippen MR) is 61.9 cm³/mol. The van der Waals surface area contributed by atoms with E-state index in [4.69, 9.17) is 4.74 Å². The minimum atomic E-state index is -0.241. The number of ether oxygens (including phenoxy) is 1. The molecule has 2 rings (SSSR count). The van der Waals surface area contributed by atoms with E-state index in [-0.39, 0.29) is 5.91 Å². The first kappa shape index (κ1) is 11.5. The summed E-state index contributed by atoms with van der Waals surface area (Å²) in [5.74, 6) is 0.304. The number of hydrogen-bond donors (Lipinski definition) is 1. The minimum absolute atomic E-state index is 0.241. The van der Waals surface area contributed by atoms with Crippen LogP contribution in [0, 0.1) is 0 Å². The third-order valence-electron chi connectivity index (χ3n) is 2.05. The molecule has 0 aromatic carbocycles. The van der Waals surface area contributed by atoms with Crippen LogP contribution in [0.1, 0.15) is 16.1 Å². The average molecular weight is 250 g/mol. The molecule has 0 radical (unpaired) electrons. The van der Waals surface area contributed by atoms with Crippen molar-refractivity contribution in [3.63, 3.8) is 0 Å². The van der Waals surface area contributed by atoms with E-state index in [1.165, 1.54) is 6.20 Å². The summed E-state index contributed by atoms with van der Waals surface area (Å²) in [5, 5.41) is 2.72. The molecule has 0 atom stereocenters. The van der Waals surface area contributed by atoms with Gasteiger partial charge in [0.05, 0.1) is 25.0 Å². The van der Waals surface area contributed by atoms with Crippen molar-refractivity contribution in [1.29, 1.82) is 0 Å². The molecule has 0 aliphatic carbocycles. The number of rotatable bonds is 4. The van der Waals surface area contributed by atoms with E-state index in [1.54, 1.807) is 19.4 Å². The Balaban J connectivity index is 1.91. The Kier molecular flexibility index (Phi) is 3.61. The zero-order valence-electron chi connectivity index (χ0n) is 9.08. The highest BCUT2D eigenvalue weighted by Crippen LogP contribution is 2.06. The molecule has 0 aliphatic rings. The van der Waals surface area contributed by atoms with Crippen LogP contribution >= 0.6 is 11.7 Å². The summed E-state index contributed by atoms with van der Waals surface area (Å²) in [6.07, 6.45) is 3.09. The van der Waals surface area contributed by atoms with Gasteiger partial charge in [0.1, 0.15) is 0 Å². The third kappa shape index (κ3) is 2.97. The molecular formula is C10H10N4O2S. The van der Waals surface area contributed by atoms with Gasteiger partial charge in [0.15, 0.2) is 5.69 Å². The Morgan fingerprint density at radius 3 is 2.94 bits per heavy atom. The first-order chi connectivity index (χ1) is 8.29. The summed E-state index contributed by atoms with van der Waals surface area (Å²) < 4.78 is 12.5. The highest BCUT2D eigenvalue weighted by Gasteiger charge is 2.07. The van der Waals surface area contributed by atoms with Crippen molar-refractivity contribution < 1.29 is 9.53 Å². The van der Waals surface area contributed by atoms with Crippen molar-refractivity contribution in [3.8, 4) is 5.88 Å². The van der Waals surface area contributed by atoms with Crippen molar-refractivity contribution in [2.24, 2.45) is 0 Å². The number of amides is 1. The van der Waals surface area contributed by atoms with Gasteiger partial charge in [0, 0.05) is 18.8 Å². The van der Waals surface area contributed by atoms with E-state index in [2.05, 4.69) is 19.0 Å². The molecule has 6 nitrogen and oxygen atoms in total. The molecule has 17 heavy (non-hydrogen) atoms. The summed E-state index contributed by atoms with van der Waals surface area (Å²) in [5.41, 5.74) is 1.22. The van der Waals surface area contributed by atoms with Gasteiger partial charge >= 0.3 is 0 Å². The third-order valence-corrected chi connectivity index (χ3v) is 2.53. The SMILES string of the molecule is COc1ccc(CNC(=O)c2cnsn2)cn1. The Bertz CT molecular complexity index is 484. The van der Waals surface area contributed by atoms with E-state index in [0.717, 1.165) is 17.3 Å². The molecule has 2 aromatic heterocycles. The van der Waals surface area contributed by atoms with Crippen molar-refractivity contribution in [2.75, 3.05) is 7.11 Å². The Hall–Kier alpha value is -2.02. The summed E-state index contributed by atoms with van der Waals surface area (Å²) in [6.45, 7) is 0.396. The van der Waals surface area contributed by atoms with Crippen LogP contribution in [0.25, 0.3) is 0 Å². The highest BCUT2D eigenvalue weighted by atomic mass is 32.1. The largest absolute Gasteiger partial charge is 0.481 e. The number of methoxy groups -OCH3 is 1. The van der Waals surface area contributed by atoms with Gasteiger partial charge in [-0.1, -0.05) is 6.07 Å². The zero-order chi connectivity index (χ0) is 12.1. The van der Waals surface area contributed by atoms with Gasteiger partial charge in [-0.05, 0) is 5.56 Å². The Labute approximate surface area is 102 Å². The zero-order valence-corrected chi connectivity index (χ0v) is 9.90. The number of carbonyl (C=O) groups excluding carboxylic acids is 1. The maximum Gasteiger partial charge on any atom is 0.272 e. The lowest BCUT2D eigenvalue weighted by Crippen LogP contribution is -2.23. The van der Waals surface area contributed by atoms with Crippen LogP contribution in [-0.4, -0.2) is 26.7 Å². The predicted octanol–water partition coefficient (Wildman–Crippen LogP) is 0.872. The molecule has 0 aliphatic heterocycles. The maximum atomic E-state index is 11.6. The minimum Gasteiger partial charge on any atom is -0.481 e. The second-order valence-corrected chi connectivity index (χ2v) is 3.74. The van der Waals surface area contributed by atoms with Crippen LogP contribution < -0.4 is 10.1 Å². The highest BCUT2D eigenvalue weighted by molar-refractivity contribution is 6.99. The molecular weight excluding hydrogens is 240 g/mol. The molecule has 0 spiro atoms. The standard InChI is InChI=1S/C10H10N4O2S/c1-16-9-3-2-7(4-11-9)5-12-10(15)8-6-13-17-14-8/h2-4,6H,5H2,1H3,(H,12,15). The summed E-state index contributed by atoms with van der Waals surface area (Å²) in [6, 6.07) is 3.58. The molecule has 1 amide bonds. The molecule has 0 bridgehead atoms. The molecule has 0 unspecified atom stereocenters. The summed E-state index contributed by atoms with van der Waals surface area (Å²) >= 11 is 1.00. The first-order valence-electron chi connectivity index (χ1n) is 4.84. The van der Waals surface area contributed by atoms with Gasteiger partial charge in [-0.3, -0.25) is 4.79 Å². The number of nitrogens with one attached hydrogen (secondary N) is 1. The average Bonchev–Trinajstić information content (AvgIpc) is 2.90. The van der Waals surface area contributed by atoms with Gasteiger partial charge in [0.25, 0.3) is 5.91 Å². The Morgan fingerprint density at radius 1 is 1.47 bits per heavy atom. The summed E-state index contributed by atoms with van der Waals surface area (Å²) in [4.78, 5) is 15.6. The topological polar surface area (TPSA) is 77.0 Å². The van der Waals surface area contributed by atoms with E-state index in [0.29, 0.717) is 18.1 Å². The molecule has 1 N–H and O–H groups in total. The molecule has 2 aromatic rings. The lowest BCUT2D eigenvalue weighted by molar-refractivity contribution is 0.0947. The normalized spacial score (nSPS) is 9.94. The molecule has 0 saturated carbocycles. The van der Waals surface area contributed by atoms with Crippen LogP contribution in [0.15, 0.2) is 24.5 Å². The summed E-state index contributed by atoms with van der Waals surface area (Å²) in [7, 11) is 1.55. The van der Waals surface area contributed by atoms with E-state index >= 15 is 0 Å². The van der Waals surface area contributed by atoms with Gasteiger partial charge in [-0.2, -0.15) is 8.75 Å². The Morgan fingerprint density at radius 2 is 2.35 bits per heavy atom.